The van der Waals surface area contributed by atoms with Gasteiger partial charge in [-0.05, 0) is 35.4 Å². The van der Waals surface area contributed by atoms with Crippen LogP contribution >= 0.6 is 0 Å². The second-order valence-electron chi connectivity index (χ2n) is 8.60. The van der Waals surface area contributed by atoms with Crippen LogP contribution in [0.25, 0.3) is 0 Å². The van der Waals surface area contributed by atoms with Crippen molar-refractivity contribution in [1.29, 1.82) is 0 Å². The fourth-order valence-corrected chi connectivity index (χ4v) is 3.65. The Balaban J connectivity index is 1.42. The molecule has 0 radical (unpaired) electrons. The van der Waals surface area contributed by atoms with Crippen LogP contribution in [0, 0.1) is 10.8 Å². The van der Waals surface area contributed by atoms with Gasteiger partial charge in [0, 0.05) is 10.8 Å². The zero-order valence-corrected chi connectivity index (χ0v) is 15.4. The SMILES string of the molecule is CC1(C)COC1c1ccc(Oc2ccc(C3OCC3(C)C)cc2)cc1. The monoisotopic (exact) mass is 338 g/mol. The van der Waals surface area contributed by atoms with Gasteiger partial charge in [0.15, 0.2) is 0 Å². The van der Waals surface area contributed by atoms with Crippen LogP contribution < -0.4 is 4.74 Å². The average Bonchev–Trinajstić information content (AvgIpc) is 2.56. The van der Waals surface area contributed by atoms with Crippen LogP contribution in [0.3, 0.4) is 0 Å². The van der Waals surface area contributed by atoms with Crippen LogP contribution in [0.15, 0.2) is 48.5 Å². The van der Waals surface area contributed by atoms with Gasteiger partial charge < -0.3 is 14.2 Å². The molecule has 2 unspecified atom stereocenters. The van der Waals surface area contributed by atoms with E-state index in [1.54, 1.807) is 0 Å². The van der Waals surface area contributed by atoms with Gasteiger partial charge in [-0.2, -0.15) is 0 Å². The quantitative estimate of drug-likeness (QED) is 0.718. The summed E-state index contributed by atoms with van der Waals surface area (Å²) < 4.78 is 17.4. The maximum Gasteiger partial charge on any atom is 0.127 e. The molecule has 0 N–H and O–H groups in total. The molecule has 132 valence electrons. The van der Waals surface area contributed by atoms with Gasteiger partial charge in [-0.15, -0.1) is 0 Å². The number of benzene rings is 2. The molecule has 0 amide bonds. The van der Waals surface area contributed by atoms with E-state index in [2.05, 4.69) is 52.0 Å². The Morgan fingerprint density at radius 1 is 0.680 bits per heavy atom. The van der Waals surface area contributed by atoms with Crippen molar-refractivity contribution < 1.29 is 14.2 Å². The molecule has 2 saturated heterocycles. The van der Waals surface area contributed by atoms with Crippen LogP contribution in [0.5, 0.6) is 11.5 Å². The lowest BCUT2D eigenvalue weighted by atomic mass is 9.79. The summed E-state index contributed by atoms with van der Waals surface area (Å²) in [6.45, 7) is 10.6. The van der Waals surface area contributed by atoms with E-state index in [-0.39, 0.29) is 23.0 Å². The summed E-state index contributed by atoms with van der Waals surface area (Å²) in [5.41, 5.74) is 2.86. The highest BCUT2D eigenvalue weighted by atomic mass is 16.5. The molecule has 2 aliphatic heterocycles. The molecule has 2 aromatic carbocycles. The fraction of sp³-hybridized carbons (Fsp3) is 0.455. The van der Waals surface area contributed by atoms with Crippen molar-refractivity contribution in [3.8, 4) is 11.5 Å². The zero-order chi connectivity index (χ0) is 17.7. The summed E-state index contributed by atoms with van der Waals surface area (Å²) in [4.78, 5) is 0. The number of hydrogen-bond acceptors (Lipinski definition) is 3. The molecule has 3 nitrogen and oxygen atoms in total. The summed E-state index contributed by atoms with van der Waals surface area (Å²) in [7, 11) is 0. The highest BCUT2D eigenvalue weighted by Crippen LogP contribution is 2.47. The van der Waals surface area contributed by atoms with Crippen molar-refractivity contribution in [2.45, 2.75) is 39.9 Å². The lowest BCUT2D eigenvalue weighted by molar-refractivity contribution is -0.172. The van der Waals surface area contributed by atoms with Crippen molar-refractivity contribution in [1.82, 2.24) is 0 Å². The van der Waals surface area contributed by atoms with E-state index in [1.165, 1.54) is 11.1 Å². The molecule has 2 heterocycles. The highest BCUT2D eigenvalue weighted by molar-refractivity contribution is 5.36. The van der Waals surface area contributed by atoms with Crippen LogP contribution in [0.2, 0.25) is 0 Å². The molecule has 0 aliphatic carbocycles. The third-order valence-electron chi connectivity index (χ3n) is 5.26. The topological polar surface area (TPSA) is 27.7 Å². The summed E-state index contributed by atoms with van der Waals surface area (Å²) in [5.74, 6) is 1.68. The van der Waals surface area contributed by atoms with E-state index in [0.717, 1.165) is 24.7 Å². The van der Waals surface area contributed by atoms with E-state index < -0.39 is 0 Å². The fourth-order valence-electron chi connectivity index (χ4n) is 3.65. The molecule has 25 heavy (non-hydrogen) atoms. The van der Waals surface area contributed by atoms with Crippen molar-refractivity contribution in [3.63, 3.8) is 0 Å². The Morgan fingerprint density at radius 3 is 1.28 bits per heavy atom. The predicted octanol–water partition coefficient (Wildman–Crippen LogP) is 5.67. The zero-order valence-electron chi connectivity index (χ0n) is 15.4. The number of rotatable bonds is 4. The van der Waals surface area contributed by atoms with E-state index >= 15 is 0 Å². The molecule has 3 heteroatoms. The van der Waals surface area contributed by atoms with Gasteiger partial charge in [0.05, 0.1) is 25.4 Å². The van der Waals surface area contributed by atoms with Gasteiger partial charge >= 0.3 is 0 Å². The highest BCUT2D eigenvalue weighted by Gasteiger charge is 2.41. The minimum absolute atomic E-state index is 0.187. The van der Waals surface area contributed by atoms with Crippen LogP contribution in [-0.4, -0.2) is 13.2 Å². The van der Waals surface area contributed by atoms with Crippen molar-refractivity contribution >= 4 is 0 Å². The van der Waals surface area contributed by atoms with Crippen LogP contribution in [0.1, 0.15) is 51.0 Å². The molecule has 0 spiro atoms. The van der Waals surface area contributed by atoms with Gasteiger partial charge in [-0.25, -0.2) is 0 Å². The Morgan fingerprint density at radius 2 is 1.04 bits per heavy atom. The molecule has 4 rings (SSSR count). The van der Waals surface area contributed by atoms with E-state index in [4.69, 9.17) is 14.2 Å². The maximum absolute atomic E-state index is 5.97. The largest absolute Gasteiger partial charge is 0.457 e. The molecule has 2 fully saturated rings. The molecule has 2 aliphatic rings. The van der Waals surface area contributed by atoms with Crippen LogP contribution in [0.4, 0.5) is 0 Å². The molecule has 0 saturated carbocycles. The average molecular weight is 338 g/mol. The van der Waals surface area contributed by atoms with Gasteiger partial charge in [-0.1, -0.05) is 52.0 Å². The Labute approximate surface area is 149 Å². The number of ether oxygens (including phenoxy) is 3. The molecule has 0 aromatic heterocycles. The van der Waals surface area contributed by atoms with E-state index in [9.17, 15) is 0 Å². The lowest BCUT2D eigenvalue weighted by Crippen LogP contribution is -2.40. The van der Waals surface area contributed by atoms with Gasteiger partial charge in [0.2, 0.25) is 0 Å². The van der Waals surface area contributed by atoms with Crippen molar-refractivity contribution in [2.24, 2.45) is 10.8 Å². The van der Waals surface area contributed by atoms with Crippen molar-refractivity contribution in [2.75, 3.05) is 13.2 Å². The summed E-state index contributed by atoms with van der Waals surface area (Å²) in [6.07, 6.45) is 0.373. The van der Waals surface area contributed by atoms with Crippen molar-refractivity contribution in [3.05, 3.63) is 59.7 Å². The first-order valence-corrected chi connectivity index (χ1v) is 8.96. The second-order valence-corrected chi connectivity index (χ2v) is 8.60. The third kappa shape index (κ3) is 3.07. The second kappa shape index (κ2) is 5.86. The van der Waals surface area contributed by atoms with Gasteiger partial charge in [0.1, 0.15) is 11.5 Å². The molecule has 2 aromatic rings. The molecule has 0 bridgehead atoms. The number of hydrogen-bond donors (Lipinski definition) is 0. The minimum Gasteiger partial charge on any atom is -0.457 e. The Bertz CT molecular complexity index is 678. The van der Waals surface area contributed by atoms with Gasteiger partial charge in [0.25, 0.3) is 0 Å². The minimum atomic E-state index is 0.187. The van der Waals surface area contributed by atoms with Gasteiger partial charge in [-0.3, -0.25) is 0 Å². The molecular weight excluding hydrogens is 312 g/mol. The smallest absolute Gasteiger partial charge is 0.127 e. The normalized spacial score (nSPS) is 26.4. The molecular formula is C22H26O3. The summed E-state index contributed by atoms with van der Waals surface area (Å²) in [6, 6.07) is 16.4. The standard InChI is InChI=1S/C22H26O3/c1-21(2)13-23-19(21)15-5-9-17(10-6-15)25-18-11-7-16(8-12-18)20-22(3,4)14-24-20/h5-12,19-20H,13-14H2,1-4H3. The predicted molar refractivity (Wildman–Crippen MR) is 97.9 cm³/mol. The van der Waals surface area contributed by atoms with E-state index in [1.807, 2.05) is 24.3 Å². The Hall–Kier alpha value is -1.84. The summed E-state index contributed by atoms with van der Waals surface area (Å²) >= 11 is 0. The Kier molecular flexibility index (Phi) is 3.89. The first kappa shape index (κ1) is 16.6. The summed E-state index contributed by atoms with van der Waals surface area (Å²) in [5, 5.41) is 0. The lowest BCUT2D eigenvalue weighted by Gasteiger charge is -2.44. The first-order valence-electron chi connectivity index (χ1n) is 8.96. The molecule has 2 atom stereocenters. The van der Waals surface area contributed by atoms with E-state index in [0.29, 0.717) is 0 Å². The third-order valence-corrected chi connectivity index (χ3v) is 5.26. The first-order chi connectivity index (χ1) is 11.9. The maximum atomic E-state index is 5.97. The van der Waals surface area contributed by atoms with Crippen LogP contribution in [-0.2, 0) is 9.47 Å².